The summed E-state index contributed by atoms with van der Waals surface area (Å²) in [6.07, 6.45) is 4.84. The fourth-order valence-corrected chi connectivity index (χ4v) is 4.77. The number of rotatable bonds is 14. The SMILES string of the molecule is CC(O)COC(C)COc1ccc(C2(c3ccc(OCC(C)OCC(C)O)cc3)CCCCC2)cc1. The van der Waals surface area contributed by atoms with Gasteiger partial charge in [0.05, 0.1) is 37.6 Å². The molecule has 2 N–H and O–H groups in total. The van der Waals surface area contributed by atoms with Crippen LogP contribution in [0, 0.1) is 0 Å². The van der Waals surface area contributed by atoms with Crippen molar-refractivity contribution in [1.82, 2.24) is 0 Å². The molecule has 0 aromatic heterocycles. The van der Waals surface area contributed by atoms with E-state index in [4.69, 9.17) is 18.9 Å². The minimum atomic E-state index is -0.475. The molecule has 4 unspecified atom stereocenters. The van der Waals surface area contributed by atoms with Crippen molar-refractivity contribution in [3.05, 3.63) is 59.7 Å². The molecule has 2 aromatic rings. The maximum absolute atomic E-state index is 9.37. The van der Waals surface area contributed by atoms with E-state index in [1.165, 1.54) is 30.4 Å². The summed E-state index contributed by atoms with van der Waals surface area (Å²) in [5.41, 5.74) is 2.64. The van der Waals surface area contributed by atoms with E-state index in [-0.39, 0.29) is 17.6 Å². The molecule has 1 saturated carbocycles. The summed E-state index contributed by atoms with van der Waals surface area (Å²) in [6.45, 7) is 8.84. The summed E-state index contributed by atoms with van der Waals surface area (Å²) in [5.74, 6) is 1.65. The standard InChI is InChI=1S/C30H44O6/c1-22(31)18-33-24(3)20-35-28-12-8-26(9-13-28)30(16-6-5-7-17-30)27-10-14-29(15-11-27)36-21-25(4)34-19-23(2)32/h8-15,22-25,31-32H,5-7,16-21H2,1-4H3. The van der Waals surface area contributed by atoms with Crippen LogP contribution in [-0.2, 0) is 14.9 Å². The topological polar surface area (TPSA) is 77.4 Å². The second-order valence-corrected chi connectivity index (χ2v) is 10.3. The normalized spacial score (nSPS) is 18.7. The van der Waals surface area contributed by atoms with E-state index in [0.717, 1.165) is 24.3 Å². The first-order chi connectivity index (χ1) is 17.3. The molecule has 0 radical (unpaired) electrons. The van der Waals surface area contributed by atoms with E-state index < -0.39 is 12.2 Å². The fraction of sp³-hybridized carbons (Fsp3) is 0.600. The highest BCUT2D eigenvalue weighted by Crippen LogP contribution is 2.45. The molecule has 6 heteroatoms. The predicted molar refractivity (Wildman–Crippen MR) is 142 cm³/mol. The van der Waals surface area contributed by atoms with Gasteiger partial charge in [0.15, 0.2) is 0 Å². The molecule has 3 rings (SSSR count). The molecule has 0 amide bonds. The van der Waals surface area contributed by atoms with Crippen LogP contribution in [0.4, 0.5) is 0 Å². The van der Waals surface area contributed by atoms with Gasteiger partial charge in [-0.15, -0.1) is 0 Å². The van der Waals surface area contributed by atoms with Gasteiger partial charge in [-0.1, -0.05) is 43.5 Å². The van der Waals surface area contributed by atoms with Crippen molar-refractivity contribution in [3.63, 3.8) is 0 Å². The van der Waals surface area contributed by atoms with Crippen molar-refractivity contribution in [1.29, 1.82) is 0 Å². The number of aliphatic hydroxyl groups excluding tert-OH is 2. The second-order valence-electron chi connectivity index (χ2n) is 10.3. The Morgan fingerprint density at radius 1 is 0.611 bits per heavy atom. The van der Waals surface area contributed by atoms with Crippen LogP contribution in [-0.4, -0.2) is 61.1 Å². The lowest BCUT2D eigenvalue weighted by atomic mass is 9.65. The summed E-state index contributed by atoms with van der Waals surface area (Å²) < 4.78 is 23.0. The van der Waals surface area contributed by atoms with Crippen molar-refractivity contribution in [3.8, 4) is 11.5 Å². The number of benzene rings is 2. The summed E-state index contributed by atoms with van der Waals surface area (Å²) >= 11 is 0. The first-order valence-corrected chi connectivity index (χ1v) is 13.3. The average Bonchev–Trinajstić information content (AvgIpc) is 2.89. The van der Waals surface area contributed by atoms with Gasteiger partial charge in [0.25, 0.3) is 0 Å². The van der Waals surface area contributed by atoms with Crippen molar-refractivity contribution in [2.45, 2.75) is 89.6 Å². The molecule has 1 fully saturated rings. The maximum Gasteiger partial charge on any atom is 0.119 e. The Labute approximate surface area is 216 Å². The largest absolute Gasteiger partial charge is 0.491 e. The molecule has 0 aliphatic heterocycles. The van der Waals surface area contributed by atoms with Gasteiger partial charge in [0.2, 0.25) is 0 Å². The highest BCUT2D eigenvalue weighted by atomic mass is 16.5. The molecule has 36 heavy (non-hydrogen) atoms. The van der Waals surface area contributed by atoms with Gasteiger partial charge in [-0.25, -0.2) is 0 Å². The van der Waals surface area contributed by atoms with Crippen LogP contribution in [0.5, 0.6) is 11.5 Å². The third kappa shape index (κ3) is 8.48. The Kier molecular flexibility index (Phi) is 11.1. The lowest BCUT2D eigenvalue weighted by molar-refractivity contribution is -0.0132. The second kappa shape index (κ2) is 14.0. The van der Waals surface area contributed by atoms with Gasteiger partial charge < -0.3 is 29.2 Å². The Morgan fingerprint density at radius 3 is 1.36 bits per heavy atom. The predicted octanol–water partition coefficient (Wildman–Crippen LogP) is 5.27. The van der Waals surface area contributed by atoms with Crippen molar-refractivity contribution in [2.24, 2.45) is 0 Å². The zero-order valence-electron chi connectivity index (χ0n) is 22.3. The van der Waals surface area contributed by atoms with Crippen molar-refractivity contribution >= 4 is 0 Å². The van der Waals surface area contributed by atoms with Crippen LogP contribution in [0.2, 0.25) is 0 Å². The van der Waals surface area contributed by atoms with Crippen LogP contribution in [0.1, 0.15) is 70.9 Å². The number of ether oxygens (including phenoxy) is 4. The van der Waals surface area contributed by atoms with Gasteiger partial charge in [-0.3, -0.25) is 0 Å². The van der Waals surface area contributed by atoms with Crippen LogP contribution in [0.3, 0.4) is 0 Å². The Balaban J connectivity index is 1.64. The average molecular weight is 501 g/mol. The van der Waals surface area contributed by atoms with E-state index in [0.29, 0.717) is 26.4 Å². The Hall–Kier alpha value is -2.12. The minimum absolute atomic E-state index is 0.00333. The number of hydrogen-bond acceptors (Lipinski definition) is 6. The van der Waals surface area contributed by atoms with E-state index in [1.54, 1.807) is 13.8 Å². The third-order valence-corrected chi connectivity index (χ3v) is 6.73. The quantitative estimate of drug-likeness (QED) is 0.368. The van der Waals surface area contributed by atoms with Crippen LogP contribution >= 0.6 is 0 Å². The van der Waals surface area contributed by atoms with Gasteiger partial charge in [-0.2, -0.15) is 0 Å². The smallest absolute Gasteiger partial charge is 0.119 e. The summed E-state index contributed by atoms with van der Waals surface area (Å²) in [6, 6.07) is 17.0. The maximum atomic E-state index is 9.37. The van der Waals surface area contributed by atoms with E-state index in [2.05, 4.69) is 48.5 Å². The lowest BCUT2D eigenvalue weighted by Gasteiger charge is -2.39. The summed E-state index contributed by atoms with van der Waals surface area (Å²) in [7, 11) is 0. The van der Waals surface area contributed by atoms with E-state index in [1.807, 2.05) is 13.8 Å². The van der Waals surface area contributed by atoms with Crippen LogP contribution < -0.4 is 9.47 Å². The van der Waals surface area contributed by atoms with E-state index >= 15 is 0 Å². The molecular formula is C30H44O6. The molecule has 4 atom stereocenters. The molecule has 1 aliphatic carbocycles. The highest BCUT2D eigenvalue weighted by molar-refractivity contribution is 5.43. The Bertz CT molecular complexity index is 804. The fourth-order valence-electron chi connectivity index (χ4n) is 4.77. The van der Waals surface area contributed by atoms with Crippen LogP contribution in [0.25, 0.3) is 0 Å². The highest BCUT2D eigenvalue weighted by Gasteiger charge is 2.35. The summed E-state index contributed by atoms with van der Waals surface area (Å²) in [5, 5.41) is 18.7. The molecule has 200 valence electrons. The molecule has 1 aliphatic rings. The number of aliphatic hydroxyl groups is 2. The molecule has 0 saturated heterocycles. The first-order valence-electron chi connectivity index (χ1n) is 13.3. The van der Waals surface area contributed by atoms with Gasteiger partial charge in [0.1, 0.15) is 24.7 Å². The zero-order valence-corrected chi connectivity index (χ0v) is 22.3. The van der Waals surface area contributed by atoms with Crippen molar-refractivity contribution < 1.29 is 29.2 Å². The molecule has 6 nitrogen and oxygen atoms in total. The monoisotopic (exact) mass is 500 g/mol. The van der Waals surface area contributed by atoms with Gasteiger partial charge in [-0.05, 0) is 75.9 Å². The molecular weight excluding hydrogens is 456 g/mol. The minimum Gasteiger partial charge on any atom is -0.491 e. The first kappa shape index (κ1) is 28.5. The van der Waals surface area contributed by atoms with Gasteiger partial charge in [0, 0.05) is 5.41 Å². The zero-order chi connectivity index (χ0) is 26.0. The molecule has 0 bridgehead atoms. The summed E-state index contributed by atoms with van der Waals surface area (Å²) in [4.78, 5) is 0. The van der Waals surface area contributed by atoms with Crippen LogP contribution in [0.15, 0.2) is 48.5 Å². The van der Waals surface area contributed by atoms with Crippen molar-refractivity contribution in [2.75, 3.05) is 26.4 Å². The lowest BCUT2D eigenvalue weighted by Crippen LogP contribution is -2.30. The molecule has 2 aromatic carbocycles. The Morgan fingerprint density at radius 2 is 1.00 bits per heavy atom. The molecule has 0 spiro atoms. The molecule has 0 heterocycles. The number of hydrogen-bond donors (Lipinski definition) is 2. The van der Waals surface area contributed by atoms with E-state index in [9.17, 15) is 10.2 Å². The third-order valence-electron chi connectivity index (χ3n) is 6.73. The van der Waals surface area contributed by atoms with Gasteiger partial charge >= 0.3 is 0 Å².